The Kier molecular flexibility index (Phi) is 6.37. The Balaban J connectivity index is 1.98. The van der Waals surface area contributed by atoms with E-state index < -0.39 is 11.9 Å². The Labute approximate surface area is 181 Å². The maximum absolute atomic E-state index is 12.6. The Morgan fingerprint density at radius 3 is 2.39 bits per heavy atom. The van der Waals surface area contributed by atoms with Crippen LogP contribution in [-0.4, -0.2) is 23.6 Å². The minimum absolute atomic E-state index is 0.0120. The van der Waals surface area contributed by atoms with Crippen molar-refractivity contribution in [3.8, 4) is 11.8 Å². The number of benzene rings is 2. The lowest BCUT2D eigenvalue weighted by molar-refractivity contribution is -0.112. The van der Waals surface area contributed by atoms with Crippen LogP contribution in [0.5, 0.6) is 0 Å². The molecule has 0 aliphatic rings. The number of carbonyl (C=O) groups is 2. The van der Waals surface area contributed by atoms with Gasteiger partial charge in [0.25, 0.3) is 5.91 Å². The summed E-state index contributed by atoms with van der Waals surface area (Å²) in [6.07, 6.45) is 1.56. The number of anilines is 1. The molecule has 3 rings (SSSR count). The third-order valence-corrected chi connectivity index (χ3v) is 4.99. The third kappa shape index (κ3) is 4.57. The van der Waals surface area contributed by atoms with Gasteiger partial charge in [0, 0.05) is 17.1 Å². The van der Waals surface area contributed by atoms with E-state index in [2.05, 4.69) is 5.32 Å². The molecule has 2 aromatic carbocycles. The molecule has 6 nitrogen and oxygen atoms in total. The molecule has 1 amide bonds. The van der Waals surface area contributed by atoms with Crippen LogP contribution < -0.4 is 5.32 Å². The first-order valence-corrected chi connectivity index (χ1v) is 9.72. The fraction of sp³-hybridized carbons (Fsp3) is 0.160. The molecular formula is C25H23N3O3. The van der Waals surface area contributed by atoms with Gasteiger partial charge in [0.05, 0.1) is 18.4 Å². The predicted molar refractivity (Wildman–Crippen MR) is 120 cm³/mol. The molecule has 1 aromatic heterocycles. The summed E-state index contributed by atoms with van der Waals surface area (Å²) in [4.78, 5) is 24.8. The molecule has 0 radical (unpaired) electrons. The summed E-state index contributed by atoms with van der Waals surface area (Å²) in [6.45, 7) is 5.73. The van der Waals surface area contributed by atoms with Crippen LogP contribution in [0.15, 0.2) is 60.2 Å². The monoisotopic (exact) mass is 413 g/mol. The number of nitrogens with zero attached hydrogens (tertiary/aromatic N) is 2. The number of ether oxygens (including phenoxy) is 1. The molecule has 0 fully saturated rings. The fourth-order valence-electron chi connectivity index (χ4n) is 3.40. The molecule has 0 bridgehead atoms. The standard InChI is InChI=1S/C25H23N3O3/c1-16-9-11-21(12-10-16)27-24(29)20(15-26)14-19-13-17(2)28(18(19)3)23-8-6-5-7-22(23)25(30)31-4/h5-14H,1-4H3,(H,27,29)/b20-14-. The second kappa shape index (κ2) is 9.14. The summed E-state index contributed by atoms with van der Waals surface area (Å²) in [5.41, 5.74) is 5.16. The average Bonchev–Trinajstić information content (AvgIpc) is 3.05. The van der Waals surface area contributed by atoms with Gasteiger partial charge in [0.2, 0.25) is 0 Å². The highest BCUT2D eigenvalue weighted by Crippen LogP contribution is 2.26. The SMILES string of the molecule is COC(=O)c1ccccc1-n1c(C)cc(/C=C(/C#N)C(=O)Nc2ccc(C)cc2)c1C. The van der Waals surface area contributed by atoms with E-state index in [1.165, 1.54) is 7.11 Å². The molecule has 0 saturated carbocycles. The van der Waals surface area contributed by atoms with E-state index in [9.17, 15) is 14.9 Å². The van der Waals surface area contributed by atoms with E-state index in [-0.39, 0.29) is 5.57 Å². The molecule has 156 valence electrons. The third-order valence-electron chi connectivity index (χ3n) is 4.99. The molecule has 31 heavy (non-hydrogen) atoms. The number of nitrogens with one attached hydrogen (secondary N) is 1. The second-order valence-corrected chi connectivity index (χ2v) is 7.16. The summed E-state index contributed by atoms with van der Waals surface area (Å²) in [6, 6.07) is 18.3. The molecule has 1 N–H and O–H groups in total. The number of amides is 1. The Bertz CT molecular complexity index is 1210. The van der Waals surface area contributed by atoms with Crippen LogP contribution in [0.2, 0.25) is 0 Å². The molecule has 0 atom stereocenters. The van der Waals surface area contributed by atoms with Gasteiger partial charge in [-0.2, -0.15) is 5.26 Å². The van der Waals surface area contributed by atoms with Crippen molar-refractivity contribution in [1.29, 1.82) is 5.26 Å². The largest absolute Gasteiger partial charge is 0.465 e. The zero-order valence-corrected chi connectivity index (χ0v) is 17.9. The van der Waals surface area contributed by atoms with Crippen LogP contribution in [-0.2, 0) is 9.53 Å². The molecule has 0 aliphatic heterocycles. The number of esters is 1. The lowest BCUT2D eigenvalue weighted by atomic mass is 10.1. The van der Waals surface area contributed by atoms with Crippen molar-refractivity contribution in [2.45, 2.75) is 20.8 Å². The van der Waals surface area contributed by atoms with Crippen molar-refractivity contribution in [2.24, 2.45) is 0 Å². The summed E-state index contributed by atoms with van der Waals surface area (Å²) in [7, 11) is 1.34. The average molecular weight is 413 g/mol. The highest BCUT2D eigenvalue weighted by Gasteiger charge is 2.18. The normalized spacial score (nSPS) is 11.0. The van der Waals surface area contributed by atoms with Crippen molar-refractivity contribution >= 4 is 23.6 Å². The van der Waals surface area contributed by atoms with Crippen LogP contribution in [0.3, 0.4) is 0 Å². The number of carbonyl (C=O) groups excluding carboxylic acids is 2. The number of nitriles is 1. The number of aryl methyl sites for hydroxylation is 2. The van der Waals surface area contributed by atoms with E-state index in [0.717, 1.165) is 17.0 Å². The Morgan fingerprint density at radius 1 is 1.06 bits per heavy atom. The first-order chi connectivity index (χ1) is 14.8. The highest BCUT2D eigenvalue weighted by atomic mass is 16.5. The number of aromatic nitrogens is 1. The van der Waals surface area contributed by atoms with Gasteiger partial charge >= 0.3 is 5.97 Å². The molecule has 0 aliphatic carbocycles. The van der Waals surface area contributed by atoms with E-state index in [4.69, 9.17) is 4.74 Å². The zero-order valence-electron chi connectivity index (χ0n) is 17.9. The van der Waals surface area contributed by atoms with Gasteiger partial charge in [-0.05, 0) is 62.7 Å². The van der Waals surface area contributed by atoms with Gasteiger partial charge < -0.3 is 14.6 Å². The van der Waals surface area contributed by atoms with Crippen molar-refractivity contribution in [3.63, 3.8) is 0 Å². The van der Waals surface area contributed by atoms with E-state index in [1.54, 1.807) is 30.3 Å². The smallest absolute Gasteiger partial charge is 0.339 e. The topological polar surface area (TPSA) is 84.1 Å². The first kappa shape index (κ1) is 21.6. The summed E-state index contributed by atoms with van der Waals surface area (Å²) < 4.78 is 6.81. The van der Waals surface area contributed by atoms with E-state index in [1.807, 2.05) is 61.7 Å². The molecule has 0 unspecified atom stereocenters. The molecule has 6 heteroatoms. The van der Waals surface area contributed by atoms with Gasteiger partial charge in [-0.25, -0.2) is 4.79 Å². The van der Waals surface area contributed by atoms with Gasteiger partial charge in [-0.1, -0.05) is 29.8 Å². The molecule has 1 heterocycles. The zero-order chi connectivity index (χ0) is 22.5. The molecule has 0 spiro atoms. The quantitative estimate of drug-likeness (QED) is 0.372. The minimum Gasteiger partial charge on any atom is -0.465 e. The second-order valence-electron chi connectivity index (χ2n) is 7.16. The number of rotatable bonds is 5. The van der Waals surface area contributed by atoms with Gasteiger partial charge in [0.1, 0.15) is 11.6 Å². The number of hydrogen-bond donors (Lipinski definition) is 1. The van der Waals surface area contributed by atoms with Crippen LogP contribution in [0.25, 0.3) is 11.8 Å². The van der Waals surface area contributed by atoms with Crippen molar-refractivity contribution in [3.05, 3.63) is 88.2 Å². The van der Waals surface area contributed by atoms with Crippen LogP contribution >= 0.6 is 0 Å². The van der Waals surface area contributed by atoms with Crippen molar-refractivity contribution in [1.82, 2.24) is 4.57 Å². The Hall–Kier alpha value is -4.11. The predicted octanol–water partition coefficient (Wildman–Crippen LogP) is 4.73. The number of hydrogen-bond acceptors (Lipinski definition) is 4. The number of para-hydroxylation sites is 1. The van der Waals surface area contributed by atoms with E-state index in [0.29, 0.717) is 22.5 Å². The fourth-order valence-corrected chi connectivity index (χ4v) is 3.40. The highest BCUT2D eigenvalue weighted by molar-refractivity contribution is 6.09. The van der Waals surface area contributed by atoms with Crippen LogP contribution in [0, 0.1) is 32.1 Å². The lowest BCUT2D eigenvalue weighted by Crippen LogP contribution is -2.13. The van der Waals surface area contributed by atoms with Gasteiger partial charge in [0.15, 0.2) is 0 Å². The van der Waals surface area contributed by atoms with Crippen molar-refractivity contribution in [2.75, 3.05) is 12.4 Å². The molecule has 3 aromatic rings. The minimum atomic E-state index is -0.480. The van der Waals surface area contributed by atoms with Crippen molar-refractivity contribution < 1.29 is 14.3 Å². The summed E-state index contributed by atoms with van der Waals surface area (Å²) >= 11 is 0. The first-order valence-electron chi connectivity index (χ1n) is 9.72. The summed E-state index contributed by atoms with van der Waals surface area (Å²) in [5.74, 6) is -0.915. The van der Waals surface area contributed by atoms with Gasteiger partial charge in [-0.3, -0.25) is 4.79 Å². The maximum atomic E-state index is 12.6. The number of methoxy groups -OCH3 is 1. The maximum Gasteiger partial charge on any atom is 0.339 e. The van der Waals surface area contributed by atoms with Gasteiger partial charge in [-0.15, -0.1) is 0 Å². The van der Waals surface area contributed by atoms with E-state index >= 15 is 0 Å². The molecular weight excluding hydrogens is 390 g/mol. The van der Waals surface area contributed by atoms with Crippen LogP contribution in [0.1, 0.15) is 32.9 Å². The Morgan fingerprint density at radius 2 is 1.74 bits per heavy atom. The lowest BCUT2D eigenvalue weighted by Gasteiger charge is -2.13. The molecule has 0 saturated heterocycles. The van der Waals surface area contributed by atoms with Crippen LogP contribution in [0.4, 0.5) is 5.69 Å². The summed E-state index contributed by atoms with van der Waals surface area (Å²) in [5, 5.41) is 12.3.